The molecule has 3 rings (SSSR count). The number of benzene rings is 2. The van der Waals surface area contributed by atoms with Gasteiger partial charge in [0.15, 0.2) is 0 Å². The monoisotopic (exact) mass is 446 g/mol. The number of fused-ring (bicyclic) bond motifs is 1. The third-order valence-electron chi connectivity index (χ3n) is 4.22. The standard InChI is InChI=1S/C20H12F6O5/c1-29-14-2-3-15-11(6-17(27)31-16(15)8-14)9-30-18(28)10-4-12(19(21,22)23)7-13(5-10)20(24,25)26/h2-8H,9H2,1H3. The third-order valence-corrected chi connectivity index (χ3v) is 4.22. The molecule has 0 aliphatic carbocycles. The van der Waals surface area contributed by atoms with E-state index in [2.05, 4.69) is 0 Å². The zero-order valence-corrected chi connectivity index (χ0v) is 15.6. The summed E-state index contributed by atoms with van der Waals surface area (Å²) in [7, 11) is 1.38. The molecule has 0 saturated heterocycles. The summed E-state index contributed by atoms with van der Waals surface area (Å²) in [5, 5.41) is 0.341. The van der Waals surface area contributed by atoms with Crippen molar-refractivity contribution in [3.05, 3.63) is 75.1 Å². The Morgan fingerprint density at radius 1 is 0.935 bits per heavy atom. The molecule has 0 amide bonds. The van der Waals surface area contributed by atoms with Crippen LogP contribution in [-0.2, 0) is 23.7 Å². The maximum Gasteiger partial charge on any atom is 0.416 e. The second-order valence-corrected chi connectivity index (χ2v) is 6.32. The van der Waals surface area contributed by atoms with Gasteiger partial charge in [0, 0.05) is 23.1 Å². The Morgan fingerprint density at radius 2 is 1.55 bits per heavy atom. The van der Waals surface area contributed by atoms with Crippen LogP contribution in [0.15, 0.2) is 51.7 Å². The molecule has 0 aliphatic heterocycles. The highest BCUT2D eigenvalue weighted by Crippen LogP contribution is 2.36. The van der Waals surface area contributed by atoms with Crippen molar-refractivity contribution >= 4 is 16.9 Å². The van der Waals surface area contributed by atoms with Crippen LogP contribution in [0.25, 0.3) is 11.0 Å². The minimum atomic E-state index is -5.11. The highest BCUT2D eigenvalue weighted by Gasteiger charge is 2.37. The van der Waals surface area contributed by atoms with Crippen LogP contribution in [0.1, 0.15) is 27.0 Å². The van der Waals surface area contributed by atoms with Crippen LogP contribution < -0.4 is 10.4 Å². The van der Waals surface area contributed by atoms with Gasteiger partial charge < -0.3 is 13.9 Å². The first-order chi connectivity index (χ1) is 14.4. The molecule has 31 heavy (non-hydrogen) atoms. The van der Waals surface area contributed by atoms with Crippen LogP contribution in [0.2, 0.25) is 0 Å². The number of ether oxygens (including phenoxy) is 2. The van der Waals surface area contributed by atoms with E-state index >= 15 is 0 Å². The molecule has 0 atom stereocenters. The summed E-state index contributed by atoms with van der Waals surface area (Å²) in [5.74, 6) is -1.06. The van der Waals surface area contributed by atoms with E-state index in [0.717, 1.165) is 6.07 Å². The quantitative estimate of drug-likeness (QED) is 0.313. The van der Waals surface area contributed by atoms with Crippen molar-refractivity contribution in [3.63, 3.8) is 0 Å². The average Bonchev–Trinajstić information content (AvgIpc) is 2.69. The van der Waals surface area contributed by atoms with Crippen molar-refractivity contribution in [1.29, 1.82) is 0 Å². The number of hydrogen-bond acceptors (Lipinski definition) is 5. The van der Waals surface area contributed by atoms with Gasteiger partial charge in [-0.25, -0.2) is 9.59 Å². The molecule has 1 aromatic heterocycles. The minimum absolute atomic E-state index is 0.0938. The molecule has 1 heterocycles. The summed E-state index contributed by atoms with van der Waals surface area (Å²) in [6.07, 6.45) is -10.2. The topological polar surface area (TPSA) is 65.7 Å². The molecule has 0 N–H and O–H groups in total. The number of hydrogen-bond donors (Lipinski definition) is 0. The van der Waals surface area contributed by atoms with Crippen LogP contribution in [0.5, 0.6) is 5.75 Å². The van der Waals surface area contributed by atoms with Crippen molar-refractivity contribution in [3.8, 4) is 5.75 Å². The van der Waals surface area contributed by atoms with Crippen LogP contribution in [-0.4, -0.2) is 13.1 Å². The Labute approximate surface area is 169 Å². The highest BCUT2D eigenvalue weighted by molar-refractivity contribution is 5.90. The minimum Gasteiger partial charge on any atom is -0.497 e. The van der Waals surface area contributed by atoms with Crippen molar-refractivity contribution in [2.24, 2.45) is 0 Å². The molecule has 0 aliphatic rings. The number of methoxy groups -OCH3 is 1. The molecule has 164 valence electrons. The summed E-state index contributed by atoms with van der Waals surface area (Å²) in [6.45, 7) is -0.592. The van der Waals surface area contributed by atoms with Gasteiger partial charge in [0.1, 0.15) is 17.9 Å². The summed E-state index contributed by atoms with van der Waals surface area (Å²) in [5.41, 5.74) is -4.79. The summed E-state index contributed by atoms with van der Waals surface area (Å²) in [4.78, 5) is 23.9. The smallest absolute Gasteiger partial charge is 0.416 e. The van der Waals surface area contributed by atoms with Gasteiger partial charge in [-0.2, -0.15) is 26.3 Å². The predicted octanol–water partition coefficient (Wildman–Crippen LogP) is 5.20. The number of carbonyl (C=O) groups excluding carboxylic acids is 1. The Balaban J connectivity index is 1.93. The van der Waals surface area contributed by atoms with E-state index in [1.54, 1.807) is 0 Å². The molecule has 0 spiro atoms. The van der Waals surface area contributed by atoms with Crippen molar-refractivity contribution in [1.82, 2.24) is 0 Å². The number of carbonyl (C=O) groups is 1. The van der Waals surface area contributed by atoms with Gasteiger partial charge >= 0.3 is 23.9 Å². The number of halogens is 6. The van der Waals surface area contributed by atoms with E-state index in [4.69, 9.17) is 13.9 Å². The number of alkyl halides is 6. The molecule has 0 saturated carbocycles. The summed E-state index contributed by atoms with van der Waals surface area (Å²) in [6, 6.07) is 5.84. The lowest BCUT2D eigenvalue weighted by Gasteiger charge is -2.14. The van der Waals surface area contributed by atoms with Gasteiger partial charge in [-0.05, 0) is 30.3 Å². The van der Waals surface area contributed by atoms with Gasteiger partial charge in [-0.1, -0.05) is 0 Å². The molecular formula is C20H12F6O5. The Bertz CT molecular complexity index is 1160. The molecule has 0 radical (unpaired) electrons. The maximum atomic E-state index is 13.0. The first-order valence-electron chi connectivity index (χ1n) is 8.46. The van der Waals surface area contributed by atoms with E-state index in [-0.39, 0.29) is 29.3 Å². The van der Waals surface area contributed by atoms with E-state index < -0.39 is 47.2 Å². The van der Waals surface area contributed by atoms with Gasteiger partial charge in [0.2, 0.25) is 0 Å². The molecule has 11 heteroatoms. The van der Waals surface area contributed by atoms with Gasteiger partial charge in [-0.3, -0.25) is 0 Å². The van der Waals surface area contributed by atoms with Gasteiger partial charge in [-0.15, -0.1) is 0 Å². The normalized spacial score (nSPS) is 12.1. The number of rotatable bonds is 4. The Kier molecular flexibility index (Phi) is 5.70. The van der Waals surface area contributed by atoms with E-state index in [9.17, 15) is 35.9 Å². The third kappa shape index (κ3) is 4.98. The van der Waals surface area contributed by atoms with Crippen molar-refractivity contribution in [2.45, 2.75) is 19.0 Å². The lowest BCUT2D eigenvalue weighted by molar-refractivity contribution is -0.143. The summed E-state index contributed by atoms with van der Waals surface area (Å²) >= 11 is 0. The fraction of sp³-hybridized carbons (Fsp3) is 0.200. The van der Waals surface area contributed by atoms with Gasteiger partial charge in [0.05, 0.1) is 23.8 Å². The number of esters is 1. The molecular weight excluding hydrogens is 434 g/mol. The fourth-order valence-electron chi connectivity index (χ4n) is 2.76. The molecule has 3 aromatic rings. The van der Waals surface area contributed by atoms with Crippen LogP contribution in [0, 0.1) is 0 Å². The van der Waals surface area contributed by atoms with E-state index in [1.165, 1.54) is 25.3 Å². The van der Waals surface area contributed by atoms with E-state index in [0.29, 0.717) is 11.1 Å². The zero-order chi connectivity index (χ0) is 23.0. The van der Waals surface area contributed by atoms with Crippen molar-refractivity contribution in [2.75, 3.05) is 7.11 Å². The fourth-order valence-corrected chi connectivity index (χ4v) is 2.76. The van der Waals surface area contributed by atoms with Crippen LogP contribution >= 0.6 is 0 Å². The second kappa shape index (κ2) is 7.97. The maximum absolute atomic E-state index is 13.0. The molecule has 0 fully saturated rings. The van der Waals surface area contributed by atoms with Gasteiger partial charge in [0.25, 0.3) is 0 Å². The molecule has 0 unspecified atom stereocenters. The first kappa shape index (κ1) is 22.2. The van der Waals surface area contributed by atoms with E-state index in [1.807, 2.05) is 0 Å². The predicted molar refractivity (Wildman–Crippen MR) is 94.6 cm³/mol. The second-order valence-electron chi connectivity index (χ2n) is 6.32. The average molecular weight is 446 g/mol. The summed E-state index contributed by atoms with van der Waals surface area (Å²) < 4.78 is 92.6. The zero-order valence-electron chi connectivity index (χ0n) is 15.6. The van der Waals surface area contributed by atoms with Crippen LogP contribution in [0.4, 0.5) is 26.3 Å². The molecule has 0 bridgehead atoms. The Hall–Kier alpha value is -3.50. The lowest BCUT2D eigenvalue weighted by Crippen LogP contribution is -2.15. The van der Waals surface area contributed by atoms with Crippen molar-refractivity contribution < 1.29 is 45.0 Å². The Morgan fingerprint density at radius 3 is 2.10 bits per heavy atom. The van der Waals surface area contributed by atoms with Crippen LogP contribution in [0.3, 0.4) is 0 Å². The molecule has 2 aromatic carbocycles. The largest absolute Gasteiger partial charge is 0.497 e. The first-order valence-corrected chi connectivity index (χ1v) is 8.46. The lowest BCUT2D eigenvalue weighted by atomic mass is 10.0. The SMILES string of the molecule is COc1ccc2c(COC(=O)c3cc(C(F)(F)F)cc(C(F)(F)F)c3)cc(=O)oc2c1. The molecule has 5 nitrogen and oxygen atoms in total. The highest BCUT2D eigenvalue weighted by atomic mass is 19.4.